The van der Waals surface area contributed by atoms with E-state index in [-0.39, 0.29) is 31.4 Å². The quantitative estimate of drug-likeness (QED) is 0.295. The highest BCUT2D eigenvalue weighted by molar-refractivity contribution is 6.27. The van der Waals surface area contributed by atoms with Crippen LogP contribution in [0.25, 0.3) is 0 Å². The van der Waals surface area contributed by atoms with E-state index in [0.717, 1.165) is 16.7 Å². The number of esters is 1. The third kappa shape index (κ3) is 6.75. The predicted octanol–water partition coefficient (Wildman–Crippen LogP) is 4.63. The molecule has 3 aromatic rings. The molecule has 6 nitrogen and oxygen atoms in total. The molecule has 0 fully saturated rings. The van der Waals surface area contributed by atoms with Crippen LogP contribution in [0.1, 0.15) is 16.7 Å². The van der Waals surface area contributed by atoms with Crippen molar-refractivity contribution in [1.82, 2.24) is 4.90 Å². The molecular weight excluding hydrogens is 454 g/mol. The van der Waals surface area contributed by atoms with Crippen LogP contribution >= 0.6 is 11.6 Å². The molecule has 7 heteroatoms. The van der Waals surface area contributed by atoms with Crippen molar-refractivity contribution in [3.05, 3.63) is 95.6 Å². The zero-order valence-electron chi connectivity index (χ0n) is 19.3. The van der Waals surface area contributed by atoms with E-state index in [1.54, 1.807) is 32.4 Å². The Morgan fingerprint density at radius 3 is 2.12 bits per heavy atom. The number of ether oxygens (including phenoxy) is 3. The Hall–Kier alpha value is -3.51. The molecule has 0 unspecified atom stereocenters. The van der Waals surface area contributed by atoms with Gasteiger partial charge in [-0.1, -0.05) is 60.7 Å². The Labute approximate surface area is 205 Å². The molecule has 34 heavy (non-hydrogen) atoms. The number of carbonyl (C=O) groups is 2. The number of benzene rings is 3. The average Bonchev–Trinajstić information content (AvgIpc) is 2.90. The van der Waals surface area contributed by atoms with Gasteiger partial charge >= 0.3 is 5.97 Å². The lowest BCUT2D eigenvalue weighted by Crippen LogP contribution is -2.47. The van der Waals surface area contributed by atoms with Gasteiger partial charge in [-0.25, -0.2) is 4.79 Å². The minimum absolute atomic E-state index is 0.111. The van der Waals surface area contributed by atoms with Crippen molar-refractivity contribution in [3.63, 3.8) is 0 Å². The summed E-state index contributed by atoms with van der Waals surface area (Å²) >= 11 is 5.96. The van der Waals surface area contributed by atoms with Crippen LogP contribution < -0.4 is 9.47 Å². The van der Waals surface area contributed by atoms with E-state index >= 15 is 0 Å². The monoisotopic (exact) mass is 481 g/mol. The summed E-state index contributed by atoms with van der Waals surface area (Å²) in [5.41, 5.74) is 2.48. The smallest absolute Gasteiger partial charge is 0.329 e. The van der Waals surface area contributed by atoms with E-state index < -0.39 is 12.0 Å². The number of amides is 1. The maximum Gasteiger partial charge on any atom is 0.329 e. The molecule has 0 saturated carbocycles. The van der Waals surface area contributed by atoms with Crippen LogP contribution in [0.2, 0.25) is 0 Å². The first-order chi connectivity index (χ1) is 16.5. The van der Waals surface area contributed by atoms with Crippen LogP contribution in [0.15, 0.2) is 78.9 Å². The number of hydrogen-bond acceptors (Lipinski definition) is 5. The van der Waals surface area contributed by atoms with Gasteiger partial charge in [0.1, 0.15) is 30.0 Å². The zero-order valence-corrected chi connectivity index (χ0v) is 20.0. The highest BCUT2D eigenvalue weighted by Crippen LogP contribution is 2.27. The van der Waals surface area contributed by atoms with Crippen molar-refractivity contribution in [2.45, 2.75) is 25.6 Å². The average molecular weight is 482 g/mol. The van der Waals surface area contributed by atoms with Crippen molar-refractivity contribution < 1.29 is 23.8 Å². The van der Waals surface area contributed by atoms with Crippen molar-refractivity contribution in [2.24, 2.45) is 0 Å². The van der Waals surface area contributed by atoms with Gasteiger partial charge in [0.15, 0.2) is 0 Å². The second kappa shape index (κ2) is 12.7. The number of nitrogens with zero attached hydrogens (tertiary/aromatic N) is 1. The van der Waals surface area contributed by atoms with Crippen molar-refractivity contribution in [2.75, 3.05) is 20.1 Å². The number of carbonyl (C=O) groups excluding carboxylic acids is 2. The second-order valence-electron chi connectivity index (χ2n) is 7.63. The number of halogens is 1. The molecule has 1 atom stereocenters. The molecule has 3 aromatic carbocycles. The number of hydrogen-bond donors (Lipinski definition) is 0. The van der Waals surface area contributed by atoms with E-state index in [4.69, 9.17) is 25.8 Å². The first-order valence-electron chi connectivity index (χ1n) is 10.9. The van der Waals surface area contributed by atoms with E-state index in [2.05, 4.69) is 0 Å². The summed E-state index contributed by atoms with van der Waals surface area (Å²) < 4.78 is 16.4. The third-order valence-electron chi connectivity index (χ3n) is 5.41. The second-order valence-corrected chi connectivity index (χ2v) is 7.90. The summed E-state index contributed by atoms with van der Waals surface area (Å²) in [6.07, 6.45) is 0.287. The van der Waals surface area contributed by atoms with Gasteiger partial charge in [-0.2, -0.15) is 0 Å². The van der Waals surface area contributed by atoms with Gasteiger partial charge in [0.05, 0.1) is 20.8 Å². The van der Waals surface area contributed by atoms with E-state index in [1.165, 1.54) is 4.90 Å². The van der Waals surface area contributed by atoms with Gasteiger partial charge in [-0.3, -0.25) is 4.79 Å². The lowest BCUT2D eigenvalue weighted by atomic mass is 10.0. The van der Waals surface area contributed by atoms with Crippen LogP contribution in [-0.2, 0) is 33.9 Å². The molecule has 0 heterocycles. The van der Waals surface area contributed by atoms with Gasteiger partial charge in [-0.05, 0) is 23.3 Å². The Morgan fingerprint density at radius 2 is 1.53 bits per heavy atom. The lowest BCUT2D eigenvalue weighted by molar-refractivity contribution is -0.156. The number of alkyl halides is 1. The SMILES string of the molecule is COc1ccc(CN(C(=O)CCl)[C@@H](Cc2ccccc2)C(=O)OCc2ccccc2)c(OC)c1. The molecule has 0 radical (unpaired) electrons. The highest BCUT2D eigenvalue weighted by atomic mass is 35.5. The first-order valence-corrected chi connectivity index (χ1v) is 11.4. The van der Waals surface area contributed by atoms with Crippen LogP contribution in [0.4, 0.5) is 0 Å². The van der Waals surface area contributed by atoms with Crippen LogP contribution in [-0.4, -0.2) is 42.9 Å². The van der Waals surface area contributed by atoms with Gasteiger partial charge in [0.25, 0.3) is 0 Å². The zero-order chi connectivity index (χ0) is 24.3. The summed E-state index contributed by atoms with van der Waals surface area (Å²) in [5.74, 6) is 0.0213. The number of rotatable bonds is 11. The molecule has 0 bridgehead atoms. The fraction of sp³-hybridized carbons (Fsp3) is 0.259. The van der Waals surface area contributed by atoms with E-state index in [0.29, 0.717) is 11.5 Å². The molecule has 0 saturated heterocycles. The molecule has 0 aliphatic heterocycles. The van der Waals surface area contributed by atoms with Gasteiger partial charge < -0.3 is 19.1 Å². The van der Waals surface area contributed by atoms with Gasteiger partial charge in [0.2, 0.25) is 5.91 Å². The van der Waals surface area contributed by atoms with Crippen LogP contribution in [0, 0.1) is 0 Å². The highest BCUT2D eigenvalue weighted by Gasteiger charge is 2.32. The fourth-order valence-electron chi connectivity index (χ4n) is 3.60. The summed E-state index contributed by atoms with van der Waals surface area (Å²) in [5, 5.41) is 0. The first kappa shape index (κ1) is 25.1. The van der Waals surface area contributed by atoms with Crippen molar-refractivity contribution >= 4 is 23.5 Å². The molecule has 1 amide bonds. The predicted molar refractivity (Wildman–Crippen MR) is 131 cm³/mol. The summed E-state index contributed by atoms with van der Waals surface area (Å²) in [6.45, 7) is 0.233. The molecule has 0 aliphatic carbocycles. The Balaban J connectivity index is 1.91. The Morgan fingerprint density at radius 1 is 0.882 bits per heavy atom. The molecule has 0 spiro atoms. The maximum absolute atomic E-state index is 13.3. The van der Waals surface area contributed by atoms with Crippen LogP contribution in [0.3, 0.4) is 0 Å². The lowest BCUT2D eigenvalue weighted by Gasteiger charge is -2.30. The topological polar surface area (TPSA) is 65.1 Å². The summed E-state index contributed by atoms with van der Waals surface area (Å²) in [6, 6.07) is 23.4. The van der Waals surface area contributed by atoms with E-state index in [9.17, 15) is 9.59 Å². The normalized spacial score (nSPS) is 11.4. The van der Waals surface area contributed by atoms with Gasteiger partial charge in [0, 0.05) is 18.1 Å². The Bertz CT molecular complexity index is 1070. The minimum Gasteiger partial charge on any atom is -0.497 e. The van der Waals surface area contributed by atoms with Crippen LogP contribution in [0.5, 0.6) is 11.5 Å². The third-order valence-corrected chi connectivity index (χ3v) is 5.64. The molecule has 3 rings (SSSR count). The minimum atomic E-state index is -0.871. The molecule has 178 valence electrons. The molecule has 0 aliphatic rings. The van der Waals surface area contributed by atoms with Gasteiger partial charge in [-0.15, -0.1) is 11.6 Å². The molecular formula is C27H28ClNO5. The van der Waals surface area contributed by atoms with Crippen molar-refractivity contribution in [1.29, 1.82) is 0 Å². The molecule has 0 N–H and O–H groups in total. The largest absolute Gasteiger partial charge is 0.497 e. The molecule has 0 aromatic heterocycles. The summed E-state index contributed by atoms with van der Waals surface area (Å²) in [7, 11) is 3.11. The fourth-order valence-corrected chi connectivity index (χ4v) is 3.75. The maximum atomic E-state index is 13.3. The summed E-state index contributed by atoms with van der Waals surface area (Å²) in [4.78, 5) is 27.7. The van der Waals surface area contributed by atoms with E-state index in [1.807, 2.05) is 60.7 Å². The number of methoxy groups -OCH3 is 2. The van der Waals surface area contributed by atoms with Crippen molar-refractivity contribution in [3.8, 4) is 11.5 Å². The standard InChI is InChI=1S/C27H28ClNO5/c1-32-23-14-13-22(25(16-23)33-2)18-29(26(30)17-28)24(15-20-9-5-3-6-10-20)27(31)34-19-21-11-7-4-8-12-21/h3-14,16,24H,15,17-19H2,1-2H3/t24-/m0/s1. The Kier molecular flexibility index (Phi) is 9.35.